The van der Waals surface area contributed by atoms with Crippen LogP contribution in [0.25, 0.3) is 0 Å². The van der Waals surface area contributed by atoms with Crippen LogP contribution in [-0.2, 0) is 0 Å². The Labute approximate surface area is 112 Å². The first kappa shape index (κ1) is 14.3. The number of rotatable bonds is 3. The molecule has 2 aliphatic carbocycles. The van der Waals surface area contributed by atoms with Crippen LogP contribution in [0.1, 0.15) is 71.1 Å². The summed E-state index contributed by atoms with van der Waals surface area (Å²) in [7, 11) is 6.47. The van der Waals surface area contributed by atoms with Crippen LogP contribution in [0.5, 0.6) is 0 Å². The number of hydrogen-bond donors (Lipinski definition) is 0. The molecule has 0 N–H and O–H groups in total. The van der Waals surface area contributed by atoms with E-state index >= 15 is 0 Å². The summed E-state index contributed by atoms with van der Waals surface area (Å²) in [6.07, 6.45) is 14.7. The molecular formula is C15H30P2. The molecule has 17 heavy (non-hydrogen) atoms. The van der Waals surface area contributed by atoms with E-state index in [1.807, 2.05) is 0 Å². The molecule has 0 spiro atoms. The molecule has 0 heterocycles. The van der Waals surface area contributed by atoms with Gasteiger partial charge in [-0.05, 0) is 30.6 Å². The first-order chi connectivity index (χ1) is 8.12. The maximum atomic E-state index is 3.23. The van der Waals surface area contributed by atoms with Crippen molar-refractivity contribution in [1.82, 2.24) is 0 Å². The highest BCUT2D eigenvalue weighted by Crippen LogP contribution is 2.52. The monoisotopic (exact) mass is 272 g/mol. The second-order valence-corrected chi connectivity index (χ2v) is 9.19. The lowest BCUT2D eigenvalue weighted by molar-refractivity contribution is 0.196. The smallest absolute Gasteiger partial charge is 0.00488 e. The molecule has 0 aromatic rings. The highest BCUT2D eigenvalue weighted by molar-refractivity contribution is 7.40. The van der Waals surface area contributed by atoms with Crippen LogP contribution < -0.4 is 0 Å². The summed E-state index contributed by atoms with van der Waals surface area (Å²) < 4.78 is 0. The van der Waals surface area contributed by atoms with Crippen LogP contribution in [0, 0.1) is 17.8 Å². The van der Waals surface area contributed by atoms with Gasteiger partial charge >= 0.3 is 0 Å². The highest BCUT2D eigenvalue weighted by Gasteiger charge is 2.39. The molecule has 2 saturated carbocycles. The summed E-state index contributed by atoms with van der Waals surface area (Å²) in [6.45, 7) is 2.52. The van der Waals surface area contributed by atoms with E-state index in [9.17, 15) is 0 Å². The molecule has 2 rings (SSSR count). The summed E-state index contributed by atoms with van der Waals surface area (Å²) in [5.41, 5.74) is 0. The van der Waals surface area contributed by atoms with E-state index in [0.29, 0.717) is 4.90 Å². The Morgan fingerprint density at radius 3 is 1.82 bits per heavy atom. The Kier molecular flexibility index (Phi) is 5.32. The van der Waals surface area contributed by atoms with Crippen molar-refractivity contribution in [1.29, 1.82) is 0 Å². The summed E-state index contributed by atoms with van der Waals surface area (Å²) >= 11 is 0. The molecule has 3 atom stereocenters. The molecule has 0 aliphatic heterocycles. The highest BCUT2D eigenvalue weighted by atomic mass is 31.1. The third-order valence-corrected chi connectivity index (χ3v) is 7.45. The minimum Gasteiger partial charge on any atom is -0.126 e. The molecule has 2 aliphatic rings. The number of hydrogen-bond acceptors (Lipinski definition) is 0. The minimum absolute atomic E-state index is 0.419. The molecular weight excluding hydrogens is 242 g/mol. The zero-order chi connectivity index (χ0) is 12.3. The van der Waals surface area contributed by atoms with Gasteiger partial charge in [0.05, 0.1) is 0 Å². The normalized spacial score (nSPS) is 27.0. The van der Waals surface area contributed by atoms with Crippen LogP contribution in [0.3, 0.4) is 0 Å². The molecule has 0 saturated heterocycles. The maximum absolute atomic E-state index is 3.23. The predicted octanol–water partition coefficient (Wildman–Crippen LogP) is 5.23. The van der Waals surface area contributed by atoms with E-state index < -0.39 is 0 Å². The van der Waals surface area contributed by atoms with Crippen molar-refractivity contribution >= 4 is 18.5 Å². The van der Waals surface area contributed by atoms with E-state index in [1.165, 1.54) is 64.2 Å². The van der Waals surface area contributed by atoms with Crippen molar-refractivity contribution in [2.45, 2.75) is 76.0 Å². The zero-order valence-electron chi connectivity index (χ0n) is 11.5. The van der Waals surface area contributed by atoms with Crippen LogP contribution in [0.15, 0.2) is 0 Å². The van der Waals surface area contributed by atoms with E-state index in [1.54, 1.807) is 0 Å². The van der Waals surface area contributed by atoms with Crippen LogP contribution in [0.2, 0.25) is 0 Å². The average Bonchev–Trinajstić information content (AvgIpc) is 2.40. The van der Waals surface area contributed by atoms with E-state index in [2.05, 4.69) is 25.4 Å². The SMILES string of the molecule is CC(C1CCCCC1)C(P)(P)C1CCCCC1. The van der Waals surface area contributed by atoms with Gasteiger partial charge in [-0.15, -0.1) is 18.5 Å². The fourth-order valence-electron chi connectivity index (χ4n) is 4.02. The van der Waals surface area contributed by atoms with Crippen LogP contribution in [-0.4, -0.2) is 4.90 Å². The topological polar surface area (TPSA) is 0 Å². The summed E-state index contributed by atoms with van der Waals surface area (Å²) in [5, 5.41) is 0. The fourth-order valence-corrected chi connectivity index (χ4v) is 5.23. The van der Waals surface area contributed by atoms with Gasteiger partial charge in [0, 0.05) is 4.90 Å². The second kappa shape index (κ2) is 6.34. The molecule has 3 unspecified atom stereocenters. The standard InChI is InChI=1S/C15H30P2/c1-12(13-8-4-2-5-9-13)15(16,17)14-10-6-3-7-11-14/h12-14H,2-11,16-17H2,1H3. The Hall–Kier alpha value is 0.860. The lowest BCUT2D eigenvalue weighted by Gasteiger charge is -2.45. The lowest BCUT2D eigenvalue weighted by atomic mass is 9.73. The molecule has 0 nitrogen and oxygen atoms in total. The first-order valence-electron chi connectivity index (χ1n) is 7.70. The van der Waals surface area contributed by atoms with Gasteiger partial charge in [0.1, 0.15) is 0 Å². The van der Waals surface area contributed by atoms with Crippen molar-refractivity contribution in [2.75, 3.05) is 0 Å². The van der Waals surface area contributed by atoms with Crippen molar-refractivity contribution in [3.8, 4) is 0 Å². The average molecular weight is 272 g/mol. The predicted molar refractivity (Wildman–Crippen MR) is 84.5 cm³/mol. The van der Waals surface area contributed by atoms with Gasteiger partial charge in [0.25, 0.3) is 0 Å². The molecule has 2 fully saturated rings. The molecule has 100 valence electrons. The Morgan fingerprint density at radius 1 is 0.824 bits per heavy atom. The fraction of sp³-hybridized carbons (Fsp3) is 1.00. The van der Waals surface area contributed by atoms with Gasteiger partial charge < -0.3 is 0 Å². The van der Waals surface area contributed by atoms with E-state index in [0.717, 1.165) is 17.8 Å². The van der Waals surface area contributed by atoms with Gasteiger partial charge in [0.2, 0.25) is 0 Å². The molecule has 0 radical (unpaired) electrons. The van der Waals surface area contributed by atoms with Crippen molar-refractivity contribution in [3.63, 3.8) is 0 Å². The van der Waals surface area contributed by atoms with Gasteiger partial charge in [-0.25, -0.2) is 0 Å². The van der Waals surface area contributed by atoms with Gasteiger partial charge in [-0.2, -0.15) is 0 Å². The van der Waals surface area contributed by atoms with Gasteiger partial charge in [-0.1, -0.05) is 58.3 Å². The Balaban J connectivity index is 1.96. The summed E-state index contributed by atoms with van der Waals surface area (Å²) in [6, 6.07) is 0. The van der Waals surface area contributed by atoms with E-state index in [-0.39, 0.29) is 0 Å². The largest absolute Gasteiger partial charge is 0.126 e. The molecule has 0 bridgehead atoms. The van der Waals surface area contributed by atoms with Crippen LogP contribution >= 0.6 is 18.5 Å². The Bertz CT molecular complexity index is 225. The Morgan fingerprint density at radius 2 is 1.29 bits per heavy atom. The van der Waals surface area contributed by atoms with Crippen LogP contribution in [0.4, 0.5) is 0 Å². The molecule has 0 aromatic carbocycles. The quantitative estimate of drug-likeness (QED) is 0.617. The molecule has 2 heteroatoms. The van der Waals surface area contributed by atoms with Crippen molar-refractivity contribution in [2.24, 2.45) is 17.8 Å². The van der Waals surface area contributed by atoms with Crippen molar-refractivity contribution in [3.05, 3.63) is 0 Å². The van der Waals surface area contributed by atoms with E-state index in [4.69, 9.17) is 0 Å². The molecule has 0 amide bonds. The first-order valence-corrected chi connectivity index (χ1v) is 8.85. The van der Waals surface area contributed by atoms with Crippen molar-refractivity contribution < 1.29 is 0 Å². The lowest BCUT2D eigenvalue weighted by Crippen LogP contribution is -2.37. The zero-order valence-corrected chi connectivity index (χ0v) is 13.8. The third kappa shape index (κ3) is 3.45. The second-order valence-electron chi connectivity index (χ2n) is 6.52. The molecule has 0 aromatic heterocycles. The summed E-state index contributed by atoms with van der Waals surface area (Å²) in [5.74, 6) is 2.78. The third-order valence-electron chi connectivity index (χ3n) is 5.46. The van der Waals surface area contributed by atoms with Gasteiger partial charge in [-0.3, -0.25) is 0 Å². The minimum atomic E-state index is 0.419. The summed E-state index contributed by atoms with van der Waals surface area (Å²) in [4.78, 5) is 0.419. The maximum Gasteiger partial charge on any atom is 0.00488 e. The van der Waals surface area contributed by atoms with Gasteiger partial charge in [0.15, 0.2) is 0 Å².